The Morgan fingerprint density at radius 1 is 1.56 bits per heavy atom. The van der Waals surface area contributed by atoms with E-state index in [9.17, 15) is 23.6 Å². The third-order valence-corrected chi connectivity index (χ3v) is 3.01. The smallest absolute Gasteiger partial charge is 0.311 e. The number of nitro benzene ring substituents is 1. The number of phenols is 1. The first-order chi connectivity index (χ1) is 8.25. The molecule has 1 N–H and O–H groups in total. The van der Waals surface area contributed by atoms with Crippen molar-refractivity contribution in [1.29, 1.82) is 5.26 Å². The lowest BCUT2D eigenvalue weighted by molar-refractivity contribution is -0.385. The van der Waals surface area contributed by atoms with Crippen molar-refractivity contribution < 1.29 is 18.4 Å². The van der Waals surface area contributed by atoms with Crippen molar-refractivity contribution in [2.75, 3.05) is 6.26 Å². The van der Waals surface area contributed by atoms with Crippen LogP contribution in [0.4, 0.5) is 5.69 Å². The average molecular weight is 268 g/mol. The van der Waals surface area contributed by atoms with E-state index in [1.54, 1.807) is 0 Å². The van der Waals surface area contributed by atoms with Crippen molar-refractivity contribution in [3.63, 3.8) is 0 Å². The standard InChI is InChI=1S/C10H8N2O5S/c1-18(16,17)8(6-11)4-7-2-3-10(13)9(5-7)12(14)15/h2-5,13H,1H3/b8-4-. The highest BCUT2D eigenvalue weighted by molar-refractivity contribution is 7.95. The molecule has 0 aromatic heterocycles. The summed E-state index contributed by atoms with van der Waals surface area (Å²) in [5.41, 5.74) is -0.420. The van der Waals surface area contributed by atoms with E-state index in [1.807, 2.05) is 0 Å². The number of aromatic hydroxyl groups is 1. The molecule has 94 valence electrons. The van der Waals surface area contributed by atoms with Gasteiger partial charge in [-0.05, 0) is 17.7 Å². The lowest BCUT2D eigenvalue weighted by atomic mass is 10.2. The fourth-order valence-corrected chi connectivity index (χ4v) is 1.67. The molecule has 18 heavy (non-hydrogen) atoms. The van der Waals surface area contributed by atoms with Crippen molar-refractivity contribution >= 4 is 21.6 Å². The average Bonchev–Trinajstić information content (AvgIpc) is 2.25. The summed E-state index contributed by atoms with van der Waals surface area (Å²) < 4.78 is 22.4. The van der Waals surface area contributed by atoms with Gasteiger partial charge in [0.2, 0.25) is 0 Å². The molecular weight excluding hydrogens is 260 g/mol. The molecule has 7 nitrogen and oxygen atoms in total. The Morgan fingerprint density at radius 2 is 2.17 bits per heavy atom. The zero-order valence-electron chi connectivity index (χ0n) is 9.19. The zero-order chi connectivity index (χ0) is 13.9. The third-order valence-electron chi connectivity index (χ3n) is 2.00. The van der Waals surface area contributed by atoms with Crippen LogP contribution in [0.1, 0.15) is 5.56 Å². The second kappa shape index (κ2) is 4.85. The van der Waals surface area contributed by atoms with Crippen LogP contribution in [-0.2, 0) is 9.84 Å². The highest BCUT2D eigenvalue weighted by Crippen LogP contribution is 2.27. The van der Waals surface area contributed by atoms with Gasteiger partial charge in [-0.25, -0.2) is 8.42 Å². The molecule has 0 bridgehead atoms. The number of nitrogens with zero attached hydrogens (tertiary/aromatic N) is 2. The van der Waals surface area contributed by atoms with E-state index in [0.717, 1.165) is 24.5 Å². The van der Waals surface area contributed by atoms with Crippen molar-refractivity contribution in [2.45, 2.75) is 0 Å². The summed E-state index contributed by atoms with van der Waals surface area (Å²) in [4.78, 5) is 9.25. The predicted octanol–water partition coefficient (Wildman–Crippen LogP) is 1.21. The molecule has 1 aromatic rings. The van der Waals surface area contributed by atoms with E-state index in [1.165, 1.54) is 12.1 Å². The molecule has 0 saturated carbocycles. The minimum absolute atomic E-state index is 0.140. The molecule has 0 spiro atoms. The first-order valence-corrected chi connectivity index (χ1v) is 6.44. The van der Waals surface area contributed by atoms with Crippen molar-refractivity contribution in [3.05, 3.63) is 38.8 Å². The van der Waals surface area contributed by atoms with Gasteiger partial charge in [0.1, 0.15) is 11.0 Å². The second-order valence-corrected chi connectivity index (χ2v) is 5.38. The van der Waals surface area contributed by atoms with Crippen LogP contribution in [0.3, 0.4) is 0 Å². The number of allylic oxidation sites excluding steroid dienone is 1. The fraction of sp³-hybridized carbons (Fsp3) is 0.100. The number of nitriles is 1. The Labute approximate surface area is 103 Å². The molecule has 0 aliphatic heterocycles. The molecule has 8 heteroatoms. The summed E-state index contributed by atoms with van der Waals surface area (Å²) in [7, 11) is -3.69. The fourth-order valence-electron chi connectivity index (χ4n) is 1.15. The number of phenolic OH excluding ortho intramolecular Hbond substituents is 1. The third kappa shape index (κ3) is 3.05. The molecule has 0 amide bonds. The quantitative estimate of drug-likeness (QED) is 0.499. The van der Waals surface area contributed by atoms with Gasteiger partial charge < -0.3 is 5.11 Å². The first kappa shape index (κ1) is 13.7. The maximum Gasteiger partial charge on any atom is 0.311 e. The molecule has 0 aliphatic rings. The number of hydrogen-bond acceptors (Lipinski definition) is 6. The minimum atomic E-state index is -3.69. The van der Waals surface area contributed by atoms with Crippen molar-refractivity contribution in [3.8, 4) is 11.8 Å². The van der Waals surface area contributed by atoms with Gasteiger partial charge in [0.25, 0.3) is 0 Å². The van der Waals surface area contributed by atoms with Crippen LogP contribution in [0.5, 0.6) is 5.75 Å². The maximum atomic E-state index is 11.2. The molecule has 0 unspecified atom stereocenters. The van der Waals surface area contributed by atoms with E-state index in [0.29, 0.717) is 0 Å². The van der Waals surface area contributed by atoms with Crippen LogP contribution < -0.4 is 0 Å². The Hall–Kier alpha value is -2.40. The number of rotatable bonds is 3. The minimum Gasteiger partial charge on any atom is -0.502 e. The number of nitro groups is 1. The molecule has 0 saturated heterocycles. The summed E-state index contributed by atoms with van der Waals surface area (Å²) >= 11 is 0. The Kier molecular flexibility index (Phi) is 3.68. The van der Waals surface area contributed by atoms with Gasteiger partial charge in [0, 0.05) is 12.3 Å². The van der Waals surface area contributed by atoms with Gasteiger partial charge in [-0.3, -0.25) is 10.1 Å². The molecule has 0 aliphatic carbocycles. The zero-order valence-corrected chi connectivity index (χ0v) is 10.0. The molecule has 1 rings (SSSR count). The van der Waals surface area contributed by atoms with Gasteiger partial charge in [-0.2, -0.15) is 5.26 Å². The van der Waals surface area contributed by atoms with E-state index in [-0.39, 0.29) is 5.56 Å². The van der Waals surface area contributed by atoms with Gasteiger partial charge >= 0.3 is 5.69 Å². The predicted molar refractivity (Wildman–Crippen MR) is 63.2 cm³/mol. The van der Waals surface area contributed by atoms with Gasteiger partial charge in [-0.1, -0.05) is 6.07 Å². The summed E-state index contributed by atoms with van der Waals surface area (Å²) in [6.45, 7) is 0. The first-order valence-electron chi connectivity index (χ1n) is 4.55. The molecule has 0 heterocycles. The summed E-state index contributed by atoms with van der Waals surface area (Å²) in [5.74, 6) is -0.532. The Morgan fingerprint density at radius 3 is 2.61 bits per heavy atom. The topological polar surface area (TPSA) is 121 Å². The lowest BCUT2D eigenvalue weighted by Gasteiger charge is -1.99. The van der Waals surface area contributed by atoms with Crippen molar-refractivity contribution in [2.24, 2.45) is 0 Å². The number of benzene rings is 1. The van der Waals surface area contributed by atoms with E-state index in [4.69, 9.17) is 5.26 Å². The molecule has 0 fully saturated rings. The van der Waals surface area contributed by atoms with Crippen molar-refractivity contribution in [1.82, 2.24) is 0 Å². The maximum absolute atomic E-state index is 11.2. The normalized spacial score (nSPS) is 11.9. The van der Waals surface area contributed by atoms with E-state index < -0.39 is 31.1 Å². The van der Waals surface area contributed by atoms with Crippen LogP contribution >= 0.6 is 0 Å². The largest absolute Gasteiger partial charge is 0.502 e. The second-order valence-electron chi connectivity index (χ2n) is 3.40. The monoisotopic (exact) mass is 268 g/mol. The summed E-state index contributed by atoms with van der Waals surface area (Å²) in [6.07, 6.45) is 1.86. The van der Waals surface area contributed by atoms with Crippen LogP contribution in [0, 0.1) is 21.4 Å². The molecule has 0 radical (unpaired) electrons. The van der Waals surface area contributed by atoms with E-state index >= 15 is 0 Å². The summed E-state index contributed by atoms with van der Waals surface area (Å²) in [5, 5.41) is 28.5. The van der Waals surface area contributed by atoms with Gasteiger partial charge in [0.05, 0.1) is 4.92 Å². The number of hydrogen-bond donors (Lipinski definition) is 1. The molecular formula is C10H8N2O5S. The highest BCUT2D eigenvalue weighted by Gasteiger charge is 2.15. The molecule has 0 atom stereocenters. The number of sulfone groups is 1. The Bertz CT molecular complexity index is 670. The summed E-state index contributed by atoms with van der Waals surface area (Å²) in [6, 6.07) is 4.80. The van der Waals surface area contributed by atoms with Gasteiger partial charge in [0.15, 0.2) is 15.6 Å². The van der Waals surface area contributed by atoms with Gasteiger partial charge in [-0.15, -0.1) is 0 Å². The van der Waals surface area contributed by atoms with Crippen LogP contribution in [0.2, 0.25) is 0 Å². The Balaban J connectivity index is 3.37. The van der Waals surface area contributed by atoms with Crippen LogP contribution in [-0.4, -0.2) is 24.7 Å². The van der Waals surface area contributed by atoms with Crippen LogP contribution in [0.25, 0.3) is 6.08 Å². The highest BCUT2D eigenvalue weighted by atomic mass is 32.2. The van der Waals surface area contributed by atoms with E-state index in [2.05, 4.69) is 0 Å². The lowest BCUT2D eigenvalue weighted by Crippen LogP contribution is -1.98. The molecule has 1 aromatic carbocycles. The van der Waals surface area contributed by atoms with Crippen LogP contribution in [0.15, 0.2) is 23.1 Å². The SMILES string of the molecule is CS(=O)(=O)/C(C#N)=C\c1ccc(O)c([N+](=O)[O-])c1.